The Bertz CT molecular complexity index is 584. The maximum absolute atomic E-state index is 11.4. The van der Waals surface area contributed by atoms with E-state index in [0.717, 1.165) is 70.3 Å². The van der Waals surface area contributed by atoms with Gasteiger partial charge >= 0.3 is 0 Å². The second-order valence-corrected chi connectivity index (χ2v) is 6.66. The van der Waals surface area contributed by atoms with E-state index in [1.807, 2.05) is 17.0 Å². The van der Waals surface area contributed by atoms with Gasteiger partial charge in [0.15, 0.2) is 5.96 Å². The molecule has 8 heteroatoms. The van der Waals surface area contributed by atoms with Crippen molar-refractivity contribution in [3.05, 3.63) is 29.0 Å². The molecule has 26 heavy (non-hydrogen) atoms. The molecule has 0 unspecified atom stereocenters. The second-order valence-electron chi connectivity index (χ2n) is 6.27. The van der Waals surface area contributed by atoms with Crippen LogP contribution in [0.5, 0.6) is 0 Å². The number of amides is 1. The summed E-state index contributed by atoms with van der Waals surface area (Å²) in [6, 6.07) is 3.80. The lowest BCUT2D eigenvalue weighted by molar-refractivity contribution is -0.130. The number of carbonyl (C=O) groups is 1. The second kappa shape index (κ2) is 11.0. The molecule has 1 aliphatic rings. The molecule has 7 nitrogen and oxygen atoms in total. The van der Waals surface area contributed by atoms with Crippen LogP contribution < -0.4 is 10.6 Å². The summed E-state index contributed by atoms with van der Waals surface area (Å²) in [6.07, 6.45) is 2.66. The van der Waals surface area contributed by atoms with Crippen LogP contribution in [-0.2, 0) is 11.2 Å². The molecule has 1 aromatic heterocycles. The molecule has 2 rings (SSSR count). The maximum Gasteiger partial charge on any atom is 0.219 e. The lowest BCUT2D eigenvalue weighted by Gasteiger charge is -2.33. The molecule has 0 aromatic carbocycles. The van der Waals surface area contributed by atoms with Crippen LogP contribution in [0.25, 0.3) is 0 Å². The number of hydrogen-bond donors (Lipinski definition) is 2. The topological polar surface area (TPSA) is 72.9 Å². The van der Waals surface area contributed by atoms with Gasteiger partial charge in [-0.1, -0.05) is 17.7 Å². The van der Waals surface area contributed by atoms with E-state index in [1.165, 1.54) is 0 Å². The molecule has 0 aliphatic carbocycles. The number of guanidine groups is 1. The molecule has 0 saturated carbocycles. The van der Waals surface area contributed by atoms with Crippen LogP contribution in [0, 0.1) is 0 Å². The zero-order chi connectivity index (χ0) is 18.8. The Hall–Kier alpha value is -1.86. The Labute approximate surface area is 160 Å². The lowest BCUT2D eigenvalue weighted by Crippen LogP contribution is -2.48. The van der Waals surface area contributed by atoms with Crippen LogP contribution >= 0.6 is 11.6 Å². The molecule has 1 fully saturated rings. The van der Waals surface area contributed by atoms with Crippen LogP contribution in [-0.4, -0.2) is 79.0 Å². The van der Waals surface area contributed by atoms with Crippen molar-refractivity contribution >= 4 is 23.5 Å². The van der Waals surface area contributed by atoms with Gasteiger partial charge in [0, 0.05) is 58.9 Å². The Morgan fingerprint density at radius 1 is 1.27 bits per heavy atom. The number of nitrogens with zero attached hydrogens (tertiary/aromatic N) is 4. The molecule has 1 saturated heterocycles. The fourth-order valence-electron chi connectivity index (χ4n) is 2.81. The molecule has 0 bridgehead atoms. The summed E-state index contributed by atoms with van der Waals surface area (Å²) in [6.45, 7) is 10.4. The van der Waals surface area contributed by atoms with E-state index < -0.39 is 0 Å². The minimum atomic E-state index is 0.164. The standard InChI is InChI=1S/C18H29ClN6O/c1-3-20-18(21-7-6-16-4-5-17(19)23-14-16)22-8-9-24-10-12-25(13-11-24)15(2)26/h4-5,14H,3,6-13H2,1-2H3,(H2,20,21,22). The van der Waals surface area contributed by atoms with Crippen molar-refractivity contribution in [1.29, 1.82) is 0 Å². The van der Waals surface area contributed by atoms with Gasteiger partial charge in [-0.25, -0.2) is 4.98 Å². The van der Waals surface area contributed by atoms with Gasteiger partial charge in [-0.15, -0.1) is 0 Å². The molecule has 0 radical (unpaired) electrons. The number of rotatable bonds is 7. The highest BCUT2D eigenvalue weighted by Crippen LogP contribution is 2.05. The average Bonchev–Trinajstić information content (AvgIpc) is 2.64. The van der Waals surface area contributed by atoms with Crippen molar-refractivity contribution in [1.82, 2.24) is 25.4 Å². The molecule has 1 aliphatic heterocycles. The summed E-state index contributed by atoms with van der Waals surface area (Å²) >= 11 is 5.80. The Kier molecular flexibility index (Phi) is 8.64. The quantitative estimate of drug-likeness (QED) is 0.419. The van der Waals surface area contributed by atoms with Crippen LogP contribution in [0.4, 0.5) is 0 Å². The molecule has 1 aromatic rings. The molecule has 2 heterocycles. The van der Waals surface area contributed by atoms with E-state index in [2.05, 4.69) is 32.4 Å². The van der Waals surface area contributed by atoms with E-state index >= 15 is 0 Å². The highest BCUT2D eigenvalue weighted by Gasteiger charge is 2.17. The molecule has 0 atom stereocenters. The molecule has 144 valence electrons. The minimum absolute atomic E-state index is 0.164. The number of aliphatic imine (C=N–C) groups is 1. The van der Waals surface area contributed by atoms with Crippen molar-refractivity contribution in [3.63, 3.8) is 0 Å². The Morgan fingerprint density at radius 2 is 2.04 bits per heavy atom. The van der Waals surface area contributed by atoms with E-state index in [9.17, 15) is 4.79 Å². The number of hydrogen-bond acceptors (Lipinski definition) is 4. The summed E-state index contributed by atoms with van der Waals surface area (Å²) in [5.74, 6) is 0.994. The third-order valence-corrected chi connectivity index (χ3v) is 4.57. The molecular weight excluding hydrogens is 352 g/mol. The van der Waals surface area contributed by atoms with Gasteiger partial charge in [-0.2, -0.15) is 0 Å². The number of nitrogens with one attached hydrogen (secondary N) is 2. The van der Waals surface area contributed by atoms with E-state index in [1.54, 1.807) is 13.1 Å². The van der Waals surface area contributed by atoms with Gasteiger partial charge in [-0.3, -0.25) is 14.7 Å². The van der Waals surface area contributed by atoms with Crippen LogP contribution in [0.15, 0.2) is 23.3 Å². The zero-order valence-electron chi connectivity index (χ0n) is 15.7. The Balaban J connectivity index is 1.70. The average molecular weight is 381 g/mol. The van der Waals surface area contributed by atoms with Gasteiger partial charge in [-0.05, 0) is 25.0 Å². The van der Waals surface area contributed by atoms with Crippen molar-refractivity contribution < 1.29 is 4.79 Å². The number of halogens is 1. The minimum Gasteiger partial charge on any atom is -0.357 e. The SMILES string of the molecule is CCNC(=NCCN1CCN(C(C)=O)CC1)NCCc1ccc(Cl)nc1. The highest BCUT2D eigenvalue weighted by molar-refractivity contribution is 6.29. The van der Waals surface area contributed by atoms with Crippen molar-refractivity contribution in [2.75, 3.05) is 52.4 Å². The predicted molar refractivity (Wildman–Crippen MR) is 106 cm³/mol. The summed E-state index contributed by atoms with van der Waals surface area (Å²) in [5.41, 5.74) is 1.14. The fourth-order valence-corrected chi connectivity index (χ4v) is 2.92. The number of piperazine rings is 1. The third kappa shape index (κ3) is 7.17. The van der Waals surface area contributed by atoms with Crippen molar-refractivity contribution in [2.45, 2.75) is 20.3 Å². The largest absolute Gasteiger partial charge is 0.357 e. The van der Waals surface area contributed by atoms with Crippen LogP contribution in [0.1, 0.15) is 19.4 Å². The molecule has 1 amide bonds. The van der Waals surface area contributed by atoms with Crippen molar-refractivity contribution in [3.8, 4) is 0 Å². The highest BCUT2D eigenvalue weighted by atomic mass is 35.5. The smallest absolute Gasteiger partial charge is 0.219 e. The normalized spacial score (nSPS) is 15.8. The first kappa shape index (κ1) is 20.5. The third-order valence-electron chi connectivity index (χ3n) is 4.34. The number of carbonyl (C=O) groups excluding carboxylic acids is 1. The zero-order valence-corrected chi connectivity index (χ0v) is 16.4. The molecular formula is C18H29ClN6O. The first-order valence-electron chi connectivity index (χ1n) is 9.19. The van der Waals surface area contributed by atoms with Gasteiger partial charge in [0.05, 0.1) is 6.54 Å². The van der Waals surface area contributed by atoms with E-state index in [0.29, 0.717) is 5.15 Å². The summed E-state index contributed by atoms with van der Waals surface area (Å²) in [5, 5.41) is 7.13. The van der Waals surface area contributed by atoms with E-state index in [-0.39, 0.29) is 5.91 Å². The van der Waals surface area contributed by atoms with Crippen LogP contribution in [0.3, 0.4) is 0 Å². The first-order valence-corrected chi connectivity index (χ1v) is 9.56. The number of aromatic nitrogens is 1. The van der Waals surface area contributed by atoms with E-state index in [4.69, 9.17) is 11.6 Å². The van der Waals surface area contributed by atoms with Crippen molar-refractivity contribution in [2.24, 2.45) is 4.99 Å². The van der Waals surface area contributed by atoms with Gasteiger partial charge in [0.2, 0.25) is 5.91 Å². The first-order chi connectivity index (χ1) is 12.6. The molecule has 0 spiro atoms. The van der Waals surface area contributed by atoms with Gasteiger partial charge in [0.25, 0.3) is 0 Å². The lowest BCUT2D eigenvalue weighted by atomic mass is 10.2. The predicted octanol–water partition coefficient (Wildman–Crippen LogP) is 0.997. The van der Waals surface area contributed by atoms with Gasteiger partial charge in [0.1, 0.15) is 5.15 Å². The fraction of sp³-hybridized carbons (Fsp3) is 0.611. The van der Waals surface area contributed by atoms with Crippen LogP contribution in [0.2, 0.25) is 5.15 Å². The Morgan fingerprint density at radius 3 is 2.65 bits per heavy atom. The number of pyridine rings is 1. The summed E-state index contributed by atoms with van der Waals surface area (Å²) in [4.78, 5) is 24.3. The maximum atomic E-state index is 11.4. The monoisotopic (exact) mass is 380 g/mol. The summed E-state index contributed by atoms with van der Waals surface area (Å²) in [7, 11) is 0. The molecule has 2 N–H and O–H groups in total. The van der Waals surface area contributed by atoms with Gasteiger partial charge < -0.3 is 15.5 Å². The summed E-state index contributed by atoms with van der Waals surface area (Å²) < 4.78 is 0.